The average Bonchev–Trinajstić information content (AvgIpc) is 2.60. The zero-order valence-electron chi connectivity index (χ0n) is 13.5. The third kappa shape index (κ3) is 5.25. The second kappa shape index (κ2) is 8.73. The van der Waals surface area contributed by atoms with E-state index in [1.54, 1.807) is 25.6 Å². The van der Waals surface area contributed by atoms with Crippen LogP contribution in [0.4, 0.5) is 0 Å². The highest BCUT2D eigenvalue weighted by Gasteiger charge is 2.10. The van der Waals surface area contributed by atoms with Crippen LogP contribution in [0.3, 0.4) is 0 Å². The number of carbonyl (C=O) groups is 1. The fourth-order valence-electron chi connectivity index (χ4n) is 2.03. The summed E-state index contributed by atoms with van der Waals surface area (Å²) in [5.41, 5.74) is 2.03. The van der Waals surface area contributed by atoms with Crippen LogP contribution >= 0.6 is 0 Å². The fraction of sp³-hybridized carbons (Fsp3) is 0.263. The molecule has 4 heteroatoms. The van der Waals surface area contributed by atoms with Gasteiger partial charge in [-0.1, -0.05) is 31.6 Å². The van der Waals surface area contributed by atoms with Crippen LogP contribution in [0.1, 0.15) is 37.3 Å². The first-order valence-corrected chi connectivity index (χ1v) is 7.69. The molecular formula is C19H21NO3. The molecule has 0 radical (unpaired) electrons. The highest BCUT2D eigenvalue weighted by molar-refractivity contribution is 5.75. The highest BCUT2D eigenvalue weighted by Crippen LogP contribution is 2.29. The van der Waals surface area contributed by atoms with Crippen molar-refractivity contribution in [2.75, 3.05) is 7.11 Å². The van der Waals surface area contributed by atoms with Gasteiger partial charge in [0.05, 0.1) is 7.11 Å². The Hall–Kier alpha value is -2.62. The van der Waals surface area contributed by atoms with Crippen molar-refractivity contribution in [2.45, 2.75) is 26.2 Å². The first-order chi connectivity index (χ1) is 11.2. The molecule has 0 saturated carbocycles. The van der Waals surface area contributed by atoms with E-state index < -0.39 is 0 Å². The van der Waals surface area contributed by atoms with E-state index in [1.807, 2.05) is 43.3 Å². The van der Waals surface area contributed by atoms with Crippen LogP contribution in [-0.2, 0) is 4.79 Å². The first-order valence-electron chi connectivity index (χ1n) is 7.69. The molecule has 2 aromatic rings. The van der Waals surface area contributed by atoms with E-state index in [0.29, 0.717) is 17.9 Å². The maximum Gasteiger partial charge on any atom is 0.311 e. The maximum absolute atomic E-state index is 11.7. The quantitative estimate of drug-likeness (QED) is 0.563. The van der Waals surface area contributed by atoms with Crippen LogP contribution in [-0.4, -0.2) is 18.1 Å². The van der Waals surface area contributed by atoms with Gasteiger partial charge in [-0.3, -0.25) is 9.78 Å². The number of methoxy groups -OCH3 is 1. The molecule has 0 atom stereocenters. The molecule has 0 aliphatic heterocycles. The number of hydrogen-bond donors (Lipinski definition) is 0. The van der Waals surface area contributed by atoms with Crippen LogP contribution in [0.2, 0.25) is 0 Å². The SMILES string of the molecule is CCCCC(=O)Oc1ccc(/C=C/c2ccncc2)cc1OC. The van der Waals surface area contributed by atoms with Crippen LogP contribution < -0.4 is 9.47 Å². The predicted octanol–water partition coefficient (Wildman–Crippen LogP) is 4.36. The largest absolute Gasteiger partial charge is 0.493 e. The lowest BCUT2D eigenvalue weighted by Crippen LogP contribution is -2.08. The van der Waals surface area contributed by atoms with E-state index in [9.17, 15) is 4.79 Å². The lowest BCUT2D eigenvalue weighted by atomic mass is 10.1. The van der Waals surface area contributed by atoms with Gasteiger partial charge in [0.2, 0.25) is 0 Å². The van der Waals surface area contributed by atoms with Gasteiger partial charge >= 0.3 is 5.97 Å². The molecule has 23 heavy (non-hydrogen) atoms. The minimum absolute atomic E-state index is 0.231. The molecule has 4 nitrogen and oxygen atoms in total. The van der Waals surface area contributed by atoms with Gasteiger partial charge in [-0.25, -0.2) is 0 Å². The normalized spacial score (nSPS) is 10.7. The summed E-state index contributed by atoms with van der Waals surface area (Å²) in [7, 11) is 1.56. The molecule has 0 spiro atoms. The molecule has 1 aromatic heterocycles. The fourth-order valence-corrected chi connectivity index (χ4v) is 2.03. The first kappa shape index (κ1) is 16.7. The molecule has 1 heterocycles. The third-order valence-corrected chi connectivity index (χ3v) is 3.32. The zero-order valence-corrected chi connectivity index (χ0v) is 13.5. The van der Waals surface area contributed by atoms with Gasteiger partial charge in [-0.15, -0.1) is 0 Å². The molecule has 0 N–H and O–H groups in total. The number of hydrogen-bond acceptors (Lipinski definition) is 4. The van der Waals surface area contributed by atoms with Crippen LogP contribution in [0.15, 0.2) is 42.7 Å². The Bertz CT molecular complexity index is 666. The van der Waals surface area contributed by atoms with Gasteiger partial charge in [-0.05, 0) is 41.8 Å². The van der Waals surface area contributed by atoms with Gasteiger partial charge < -0.3 is 9.47 Å². The van der Waals surface area contributed by atoms with Crippen molar-refractivity contribution < 1.29 is 14.3 Å². The summed E-state index contributed by atoms with van der Waals surface area (Å²) < 4.78 is 10.7. The lowest BCUT2D eigenvalue weighted by molar-refractivity contribution is -0.134. The number of nitrogens with zero attached hydrogens (tertiary/aromatic N) is 1. The van der Waals surface area contributed by atoms with Crippen molar-refractivity contribution in [3.05, 3.63) is 53.9 Å². The van der Waals surface area contributed by atoms with E-state index in [0.717, 1.165) is 24.0 Å². The summed E-state index contributed by atoms with van der Waals surface area (Å²) in [6, 6.07) is 9.35. The minimum atomic E-state index is -0.231. The van der Waals surface area contributed by atoms with E-state index in [2.05, 4.69) is 4.98 Å². The van der Waals surface area contributed by atoms with Crippen molar-refractivity contribution in [1.29, 1.82) is 0 Å². The number of esters is 1. The number of pyridine rings is 1. The summed E-state index contributed by atoms with van der Waals surface area (Å²) in [4.78, 5) is 15.7. The van der Waals surface area contributed by atoms with Crippen molar-refractivity contribution in [3.8, 4) is 11.5 Å². The highest BCUT2D eigenvalue weighted by atomic mass is 16.6. The molecule has 120 valence electrons. The number of benzene rings is 1. The number of carbonyl (C=O) groups excluding carboxylic acids is 1. The topological polar surface area (TPSA) is 48.4 Å². The van der Waals surface area contributed by atoms with Gasteiger partial charge in [0.25, 0.3) is 0 Å². The molecule has 0 bridgehead atoms. The molecule has 0 saturated heterocycles. The van der Waals surface area contributed by atoms with Gasteiger partial charge in [-0.2, -0.15) is 0 Å². The summed E-state index contributed by atoms with van der Waals surface area (Å²) in [5, 5.41) is 0. The minimum Gasteiger partial charge on any atom is -0.493 e. The maximum atomic E-state index is 11.7. The number of aromatic nitrogens is 1. The molecule has 0 amide bonds. The van der Waals surface area contributed by atoms with Crippen LogP contribution in [0, 0.1) is 0 Å². The summed E-state index contributed by atoms with van der Waals surface area (Å²) >= 11 is 0. The Morgan fingerprint density at radius 1 is 1.09 bits per heavy atom. The van der Waals surface area contributed by atoms with E-state index in [4.69, 9.17) is 9.47 Å². The molecule has 0 fully saturated rings. The zero-order chi connectivity index (χ0) is 16.5. The Morgan fingerprint density at radius 3 is 2.52 bits per heavy atom. The molecule has 0 aliphatic rings. The molecule has 2 rings (SSSR count). The summed E-state index contributed by atoms with van der Waals surface area (Å²) in [6.07, 6.45) is 9.67. The Labute approximate surface area is 136 Å². The summed E-state index contributed by atoms with van der Waals surface area (Å²) in [6.45, 7) is 2.04. The van der Waals surface area contributed by atoms with Crippen LogP contribution in [0.5, 0.6) is 11.5 Å². The Kier molecular flexibility index (Phi) is 6.36. The van der Waals surface area contributed by atoms with Gasteiger partial charge in [0.15, 0.2) is 11.5 Å². The second-order valence-electron chi connectivity index (χ2n) is 5.10. The average molecular weight is 311 g/mol. The summed E-state index contributed by atoms with van der Waals surface area (Å²) in [5.74, 6) is 0.770. The smallest absolute Gasteiger partial charge is 0.311 e. The molecule has 0 unspecified atom stereocenters. The molecule has 0 aliphatic carbocycles. The standard InChI is InChI=1S/C19H21NO3/c1-3-4-5-19(21)23-17-9-8-16(14-18(17)22-2)7-6-15-10-12-20-13-11-15/h6-14H,3-5H2,1-2H3/b7-6+. The van der Waals surface area contributed by atoms with Crippen molar-refractivity contribution in [3.63, 3.8) is 0 Å². The second-order valence-corrected chi connectivity index (χ2v) is 5.10. The molecule has 1 aromatic carbocycles. The number of unbranched alkanes of at least 4 members (excludes halogenated alkanes) is 1. The van der Waals surface area contributed by atoms with E-state index in [1.165, 1.54) is 0 Å². The predicted molar refractivity (Wildman–Crippen MR) is 91.3 cm³/mol. The van der Waals surface area contributed by atoms with Crippen molar-refractivity contribution in [2.24, 2.45) is 0 Å². The monoisotopic (exact) mass is 311 g/mol. The van der Waals surface area contributed by atoms with Crippen molar-refractivity contribution in [1.82, 2.24) is 4.98 Å². The third-order valence-electron chi connectivity index (χ3n) is 3.32. The van der Waals surface area contributed by atoms with Crippen LogP contribution in [0.25, 0.3) is 12.2 Å². The van der Waals surface area contributed by atoms with E-state index >= 15 is 0 Å². The molecular weight excluding hydrogens is 290 g/mol. The Morgan fingerprint density at radius 2 is 1.83 bits per heavy atom. The Balaban J connectivity index is 2.10. The number of rotatable bonds is 7. The van der Waals surface area contributed by atoms with Crippen molar-refractivity contribution >= 4 is 18.1 Å². The number of ether oxygens (including phenoxy) is 2. The van der Waals surface area contributed by atoms with E-state index in [-0.39, 0.29) is 5.97 Å². The van der Waals surface area contributed by atoms with Gasteiger partial charge in [0.1, 0.15) is 0 Å². The lowest BCUT2D eigenvalue weighted by Gasteiger charge is -2.09. The van der Waals surface area contributed by atoms with Gasteiger partial charge in [0, 0.05) is 18.8 Å².